The maximum absolute atomic E-state index is 11.5. The Morgan fingerprint density at radius 3 is 2.94 bits per heavy atom. The monoisotopic (exact) mass is 223 g/mol. The van der Waals surface area contributed by atoms with E-state index in [1.165, 1.54) is 12.2 Å². The molecule has 0 radical (unpaired) electrons. The van der Waals surface area contributed by atoms with E-state index in [0.717, 1.165) is 0 Å². The molecule has 84 valence electrons. The molecule has 3 aliphatic rings. The number of carbonyl (C=O) groups excluding carboxylic acids is 2. The Labute approximate surface area is 90.3 Å². The van der Waals surface area contributed by atoms with Crippen LogP contribution in [0.2, 0.25) is 0 Å². The summed E-state index contributed by atoms with van der Waals surface area (Å²) in [6, 6.07) is 0. The van der Waals surface area contributed by atoms with Gasteiger partial charge in [0.05, 0.1) is 5.92 Å². The number of nitrogens with two attached hydrogens (primary N) is 1. The van der Waals surface area contributed by atoms with Crippen molar-refractivity contribution in [3.63, 3.8) is 0 Å². The van der Waals surface area contributed by atoms with Crippen molar-refractivity contribution < 1.29 is 24.2 Å². The summed E-state index contributed by atoms with van der Waals surface area (Å²) in [4.78, 5) is 22.5. The van der Waals surface area contributed by atoms with Gasteiger partial charge in [-0.1, -0.05) is 6.08 Å². The smallest absolute Gasteiger partial charge is 0.345 e. The Balaban J connectivity index is 2.09. The molecule has 6 heteroatoms. The second-order valence-corrected chi connectivity index (χ2v) is 4.07. The van der Waals surface area contributed by atoms with Crippen LogP contribution >= 0.6 is 0 Å². The van der Waals surface area contributed by atoms with Gasteiger partial charge in [0.15, 0.2) is 11.4 Å². The fourth-order valence-corrected chi connectivity index (χ4v) is 2.33. The molecule has 0 aromatic heterocycles. The van der Waals surface area contributed by atoms with E-state index in [1.54, 1.807) is 6.08 Å². The number of amides is 1. The Hall–Kier alpha value is -1.82. The fraction of sp³-hybridized carbons (Fsp3) is 0.400. The molecule has 3 rings (SSSR count). The largest absolute Gasteiger partial charge is 0.449 e. The van der Waals surface area contributed by atoms with E-state index in [9.17, 15) is 14.7 Å². The Bertz CT molecular complexity index is 454. The minimum absolute atomic E-state index is 0.0686. The lowest BCUT2D eigenvalue weighted by Gasteiger charge is -2.41. The summed E-state index contributed by atoms with van der Waals surface area (Å²) in [5.41, 5.74) is 3.40. The van der Waals surface area contributed by atoms with Crippen molar-refractivity contribution in [2.24, 2.45) is 17.6 Å². The van der Waals surface area contributed by atoms with Crippen molar-refractivity contribution in [1.82, 2.24) is 0 Å². The highest BCUT2D eigenvalue weighted by atomic mass is 16.7. The zero-order valence-corrected chi connectivity index (χ0v) is 8.12. The van der Waals surface area contributed by atoms with Crippen LogP contribution in [0.25, 0.3) is 0 Å². The first-order valence-electron chi connectivity index (χ1n) is 4.83. The number of primary amides is 1. The second kappa shape index (κ2) is 2.65. The summed E-state index contributed by atoms with van der Waals surface area (Å²) in [5, 5.41) is 10.1. The van der Waals surface area contributed by atoms with Gasteiger partial charge >= 0.3 is 5.97 Å². The first-order chi connectivity index (χ1) is 7.52. The third-order valence-electron chi connectivity index (χ3n) is 3.18. The summed E-state index contributed by atoms with van der Waals surface area (Å²) in [5.74, 6) is -2.36. The van der Waals surface area contributed by atoms with Gasteiger partial charge < -0.3 is 20.3 Å². The molecule has 0 aromatic rings. The van der Waals surface area contributed by atoms with Crippen molar-refractivity contribution in [2.75, 3.05) is 0 Å². The highest BCUT2D eigenvalue weighted by Gasteiger charge is 2.59. The predicted molar refractivity (Wildman–Crippen MR) is 49.3 cm³/mol. The summed E-state index contributed by atoms with van der Waals surface area (Å²) in [7, 11) is 0. The standard InChI is InChI=1S/C10H9NO5/c11-7(12)6-3-5-4-1-2-10(5,14)9(13)16-8(4)15-6/h1-5,8,14H,(H2,11,12)/t4-,5-,8-,10+/m0/s1. The zero-order chi connectivity index (χ0) is 11.5. The van der Waals surface area contributed by atoms with Crippen molar-refractivity contribution in [1.29, 1.82) is 0 Å². The fourth-order valence-electron chi connectivity index (χ4n) is 2.33. The van der Waals surface area contributed by atoms with E-state index in [1.807, 2.05) is 0 Å². The first kappa shape index (κ1) is 9.41. The van der Waals surface area contributed by atoms with Crippen molar-refractivity contribution >= 4 is 11.9 Å². The van der Waals surface area contributed by atoms with Gasteiger partial charge in [-0.3, -0.25) is 4.79 Å². The van der Waals surface area contributed by atoms with Crippen LogP contribution in [0.3, 0.4) is 0 Å². The molecule has 4 atom stereocenters. The average Bonchev–Trinajstić information content (AvgIpc) is 2.50. The highest BCUT2D eigenvalue weighted by Crippen LogP contribution is 2.47. The summed E-state index contributed by atoms with van der Waals surface area (Å²) in [6.45, 7) is 0. The Morgan fingerprint density at radius 1 is 1.50 bits per heavy atom. The molecule has 0 unspecified atom stereocenters. The van der Waals surface area contributed by atoms with Crippen LogP contribution in [0.5, 0.6) is 0 Å². The van der Waals surface area contributed by atoms with E-state index >= 15 is 0 Å². The Morgan fingerprint density at radius 2 is 2.25 bits per heavy atom. The van der Waals surface area contributed by atoms with Gasteiger partial charge in [-0.2, -0.15) is 0 Å². The van der Waals surface area contributed by atoms with E-state index in [4.69, 9.17) is 15.2 Å². The number of carbonyl (C=O) groups is 2. The van der Waals surface area contributed by atoms with Crippen molar-refractivity contribution in [2.45, 2.75) is 11.9 Å². The predicted octanol–water partition coefficient (Wildman–Crippen LogP) is -1.20. The molecule has 6 nitrogen and oxygen atoms in total. The third-order valence-corrected chi connectivity index (χ3v) is 3.18. The molecule has 1 saturated heterocycles. The van der Waals surface area contributed by atoms with E-state index < -0.39 is 29.7 Å². The molecule has 0 spiro atoms. The number of aliphatic hydroxyl groups is 1. The SMILES string of the molecule is NC(=O)C1=C[C@H]2[C@@H]3C=C[C@]2(O)C(=O)O[C@@H]3O1. The normalized spacial score (nSPS) is 43.4. The maximum atomic E-state index is 11.5. The molecule has 2 aliphatic heterocycles. The summed E-state index contributed by atoms with van der Waals surface area (Å²) >= 11 is 0. The van der Waals surface area contributed by atoms with Gasteiger partial charge in [0.25, 0.3) is 12.2 Å². The Kier molecular flexibility index (Phi) is 1.56. The van der Waals surface area contributed by atoms with E-state index in [2.05, 4.69) is 0 Å². The van der Waals surface area contributed by atoms with Gasteiger partial charge in [-0.25, -0.2) is 4.79 Å². The van der Waals surface area contributed by atoms with Crippen molar-refractivity contribution in [3.8, 4) is 0 Å². The lowest BCUT2D eigenvalue weighted by atomic mass is 9.80. The molecule has 3 N–H and O–H groups in total. The molecule has 2 heterocycles. The minimum atomic E-state index is -1.69. The number of hydrogen-bond acceptors (Lipinski definition) is 5. The van der Waals surface area contributed by atoms with Crippen LogP contribution in [0.4, 0.5) is 0 Å². The van der Waals surface area contributed by atoms with Gasteiger partial charge in [-0.05, 0) is 12.2 Å². The van der Waals surface area contributed by atoms with Crippen LogP contribution < -0.4 is 5.73 Å². The number of hydrogen-bond donors (Lipinski definition) is 2. The molecule has 16 heavy (non-hydrogen) atoms. The molecule has 1 aliphatic carbocycles. The first-order valence-corrected chi connectivity index (χ1v) is 4.83. The molecular weight excluding hydrogens is 214 g/mol. The zero-order valence-electron chi connectivity index (χ0n) is 8.12. The van der Waals surface area contributed by atoms with E-state index in [-0.39, 0.29) is 11.7 Å². The average molecular weight is 223 g/mol. The lowest BCUT2D eigenvalue weighted by Crippen LogP contribution is -2.55. The van der Waals surface area contributed by atoms with Gasteiger partial charge in [0.2, 0.25) is 0 Å². The number of rotatable bonds is 1. The van der Waals surface area contributed by atoms with Crippen LogP contribution in [0.1, 0.15) is 0 Å². The molecule has 0 aromatic carbocycles. The van der Waals surface area contributed by atoms with Crippen molar-refractivity contribution in [3.05, 3.63) is 24.0 Å². The maximum Gasteiger partial charge on any atom is 0.345 e. The van der Waals surface area contributed by atoms with Crippen LogP contribution in [0, 0.1) is 11.8 Å². The summed E-state index contributed by atoms with van der Waals surface area (Å²) < 4.78 is 10.1. The van der Waals surface area contributed by atoms with Gasteiger partial charge in [-0.15, -0.1) is 0 Å². The highest BCUT2D eigenvalue weighted by molar-refractivity contribution is 5.91. The van der Waals surface area contributed by atoms with Crippen LogP contribution in [-0.2, 0) is 19.1 Å². The number of esters is 1. The second-order valence-electron chi connectivity index (χ2n) is 4.07. The lowest BCUT2D eigenvalue weighted by molar-refractivity contribution is -0.224. The quantitative estimate of drug-likeness (QED) is 0.430. The molecule has 1 fully saturated rings. The van der Waals surface area contributed by atoms with Gasteiger partial charge in [0, 0.05) is 5.92 Å². The molecule has 1 amide bonds. The van der Waals surface area contributed by atoms with Gasteiger partial charge in [0.1, 0.15) is 0 Å². The minimum Gasteiger partial charge on any atom is -0.449 e. The molecule has 0 saturated carbocycles. The molecular formula is C10H9NO5. The molecule has 4 bridgehead atoms. The van der Waals surface area contributed by atoms with E-state index in [0.29, 0.717) is 0 Å². The van der Waals surface area contributed by atoms with Crippen LogP contribution in [-0.4, -0.2) is 28.9 Å². The number of ether oxygens (including phenoxy) is 2. The summed E-state index contributed by atoms with van der Waals surface area (Å²) in [6.07, 6.45) is 3.57. The third kappa shape index (κ3) is 0.943. The van der Waals surface area contributed by atoms with Crippen LogP contribution in [0.15, 0.2) is 24.0 Å². The topological polar surface area (TPSA) is 98.9 Å².